The number of benzene rings is 1. The number of para-hydroxylation sites is 1. The van der Waals surface area contributed by atoms with Crippen LogP contribution < -0.4 is 15.8 Å². The highest BCUT2D eigenvalue weighted by Crippen LogP contribution is 2.31. The van der Waals surface area contributed by atoms with Crippen LogP contribution in [0.25, 0.3) is 10.3 Å². The van der Waals surface area contributed by atoms with E-state index in [2.05, 4.69) is 24.1 Å². The lowest BCUT2D eigenvalue weighted by atomic mass is 10.00. The molecule has 0 unspecified atom stereocenters. The van der Waals surface area contributed by atoms with Crippen LogP contribution in [0.5, 0.6) is 0 Å². The minimum atomic E-state index is -0.119. The van der Waals surface area contributed by atoms with Crippen molar-refractivity contribution >= 4 is 50.2 Å². The van der Waals surface area contributed by atoms with Crippen molar-refractivity contribution in [2.75, 3.05) is 29.1 Å². The Morgan fingerprint density at radius 3 is 2.67 bits per heavy atom. The topological polar surface area (TPSA) is 80.1 Å². The maximum absolute atomic E-state index is 13.3. The summed E-state index contributed by atoms with van der Waals surface area (Å²) in [6.07, 6.45) is 3.12. The average molecular weight is 486 g/mol. The molecule has 2 aromatic heterocycles. The molecule has 4 rings (SSSR count). The minimum Gasteiger partial charge on any atom is -0.348 e. The van der Waals surface area contributed by atoms with Crippen molar-refractivity contribution in [2.24, 2.45) is 5.92 Å². The van der Waals surface area contributed by atoms with Crippen LogP contribution >= 0.6 is 23.1 Å². The highest BCUT2D eigenvalue weighted by molar-refractivity contribution is 7.99. The van der Waals surface area contributed by atoms with E-state index >= 15 is 0 Å². The van der Waals surface area contributed by atoms with Gasteiger partial charge in [0.15, 0.2) is 15.9 Å². The number of carbonyl (C=O) groups is 1. The first-order chi connectivity index (χ1) is 15.9. The molecule has 0 bridgehead atoms. The Hall–Kier alpha value is -2.39. The number of anilines is 2. The third kappa shape index (κ3) is 5.24. The molecule has 0 atom stereocenters. The third-order valence-electron chi connectivity index (χ3n) is 5.99. The second kappa shape index (κ2) is 10.3. The lowest BCUT2D eigenvalue weighted by Gasteiger charge is -2.29. The standard InChI is InChI=1S/C24H31N5O2S2/c1-5-17-8-6-7-9-18(17)25-19(30)14-32-24-27-21-20(22(31)29(24)15(2)3)33-23(26-21)28-12-10-16(4)11-13-28/h6-9,15-16H,5,10-14H2,1-4H3,(H,25,30). The van der Waals surface area contributed by atoms with Crippen LogP contribution in [0.4, 0.5) is 10.8 Å². The van der Waals surface area contributed by atoms with E-state index in [0.29, 0.717) is 15.5 Å². The summed E-state index contributed by atoms with van der Waals surface area (Å²) in [5.41, 5.74) is 2.32. The lowest BCUT2D eigenvalue weighted by Crippen LogP contribution is -2.32. The van der Waals surface area contributed by atoms with Crippen molar-refractivity contribution in [3.05, 3.63) is 40.2 Å². The third-order valence-corrected chi connectivity index (χ3v) is 8.04. The SMILES string of the molecule is CCc1ccccc1NC(=O)CSc1nc2nc(N3CCC(C)CC3)sc2c(=O)n1C(C)C. The van der Waals surface area contributed by atoms with Gasteiger partial charge in [-0.25, -0.2) is 4.98 Å². The quantitative estimate of drug-likeness (QED) is 0.376. The lowest BCUT2D eigenvalue weighted by molar-refractivity contribution is -0.113. The molecule has 1 aromatic carbocycles. The molecule has 0 saturated carbocycles. The van der Waals surface area contributed by atoms with E-state index in [1.165, 1.54) is 23.1 Å². The van der Waals surface area contributed by atoms with Crippen LogP contribution in [0.1, 0.15) is 52.1 Å². The first kappa shape index (κ1) is 23.8. The van der Waals surface area contributed by atoms with Gasteiger partial charge < -0.3 is 10.2 Å². The van der Waals surface area contributed by atoms with Crippen molar-refractivity contribution < 1.29 is 4.79 Å². The molecule has 9 heteroatoms. The normalized spacial score (nSPS) is 14.9. The summed E-state index contributed by atoms with van der Waals surface area (Å²) in [6, 6.07) is 7.74. The van der Waals surface area contributed by atoms with E-state index in [0.717, 1.165) is 54.7 Å². The molecule has 7 nitrogen and oxygen atoms in total. The van der Waals surface area contributed by atoms with Gasteiger partial charge in [-0.3, -0.25) is 14.2 Å². The van der Waals surface area contributed by atoms with Crippen LogP contribution in [0.15, 0.2) is 34.2 Å². The fourth-order valence-electron chi connectivity index (χ4n) is 4.02. The van der Waals surface area contributed by atoms with E-state index < -0.39 is 0 Å². The molecule has 3 heterocycles. The van der Waals surface area contributed by atoms with Crippen LogP contribution in [0, 0.1) is 5.92 Å². The second-order valence-electron chi connectivity index (χ2n) is 8.83. The molecular formula is C24H31N5O2S2. The summed E-state index contributed by atoms with van der Waals surface area (Å²) in [5.74, 6) is 0.779. The molecular weight excluding hydrogens is 454 g/mol. The summed E-state index contributed by atoms with van der Waals surface area (Å²) in [6.45, 7) is 10.2. The van der Waals surface area contributed by atoms with Gasteiger partial charge in [-0.1, -0.05) is 55.1 Å². The van der Waals surface area contributed by atoms with Crippen molar-refractivity contribution in [3.8, 4) is 0 Å². The molecule has 0 aliphatic carbocycles. The van der Waals surface area contributed by atoms with E-state index in [1.807, 2.05) is 38.1 Å². The maximum atomic E-state index is 13.3. The number of hydrogen-bond donors (Lipinski definition) is 1. The monoisotopic (exact) mass is 485 g/mol. The Balaban J connectivity index is 1.56. The van der Waals surface area contributed by atoms with E-state index in [4.69, 9.17) is 9.97 Å². The van der Waals surface area contributed by atoms with Crippen LogP contribution in [0.3, 0.4) is 0 Å². The van der Waals surface area contributed by atoms with Crippen molar-refractivity contribution in [1.29, 1.82) is 0 Å². The van der Waals surface area contributed by atoms with Crippen molar-refractivity contribution in [2.45, 2.75) is 58.2 Å². The average Bonchev–Trinajstić information content (AvgIpc) is 3.23. The molecule has 0 radical (unpaired) electrons. The first-order valence-corrected chi connectivity index (χ1v) is 13.4. The number of aromatic nitrogens is 3. The van der Waals surface area contributed by atoms with E-state index in [1.54, 1.807) is 4.57 Å². The molecule has 0 spiro atoms. The fourth-order valence-corrected chi connectivity index (χ4v) is 5.93. The zero-order chi connectivity index (χ0) is 23.5. The van der Waals surface area contributed by atoms with Crippen LogP contribution in [-0.4, -0.2) is 39.3 Å². The number of nitrogens with one attached hydrogen (secondary N) is 1. The second-order valence-corrected chi connectivity index (χ2v) is 10.7. The van der Waals surface area contributed by atoms with Gasteiger partial charge in [-0.15, -0.1) is 0 Å². The van der Waals surface area contributed by atoms with Gasteiger partial charge in [0.1, 0.15) is 4.70 Å². The summed E-state index contributed by atoms with van der Waals surface area (Å²) in [4.78, 5) is 37.7. The molecule has 1 fully saturated rings. The van der Waals surface area contributed by atoms with Gasteiger partial charge in [0.2, 0.25) is 5.91 Å². The molecule has 1 aliphatic rings. The number of thioether (sulfide) groups is 1. The van der Waals surface area contributed by atoms with E-state index in [9.17, 15) is 9.59 Å². The Morgan fingerprint density at radius 2 is 1.97 bits per heavy atom. The molecule has 1 aliphatic heterocycles. The number of rotatable bonds is 7. The predicted molar refractivity (Wildman–Crippen MR) is 138 cm³/mol. The Labute approximate surface area is 202 Å². The molecule has 3 aromatic rings. The summed E-state index contributed by atoms with van der Waals surface area (Å²) < 4.78 is 2.27. The number of carbonyl (C=O) groups excluding carboxylic acids is 1. The zero-order valence-electron chi connectivity index (χ0n) is 19.6. The highest BCUT2D eigenvalue weighted by Gasteiger charge is 2.23. The Bertz CT molecular complexity index is 1200. The minimum absolute atomic E-state index is 0.0674. The number of aryl methyl sites for hydroxylation is 1. The summed E-state index contributed by atoms with van der Waals surface area (Å²) in [5, 5.41) is 4.39. The van der Waals surface area contributed by atoms with Crippen LogP contribution in [0.2, 0.25) is 0 Å². The first-order valence-electron chi connectivity index (χ1n) is 11.6. The molecule has 1 saturated heterocycles. The number of nitrogens with zero attached hydrogens (tertiary/aromatic N) is 4. The number of fused-ring (bicyclic) bond motifs is 1. The van der Waals surface area contributed by atoms with Gasteiger partial charge in [0.05, 0.1) is 5.75 Å². The fraction of sp³-hybridized carbons (Fsp3) is 0.500. The Kier molecular flexibility index (Phi) is 7.38. The van der Waals surface area contributed by atoms with Gasteiger partial charge in [-0.05, 0) is 50.7 Å². The van der Waals surface area contributed by atoms with Gasteiger partial charge in [0, 0.05) is 24.8 Å². The number of amides is 1. The van der Waals surface area contributed by atoms with Crippen LogP contribution in [-0.2, 0) is 11.2 Å². The summed E-state index contributed by atoms with van der Waals surface area (Å²) in [7, 11) is 0. The highest BCUT2D eigenvalue weighted by atomic mass is 32.2. The number of hydrogen-bond acceptors (Lipinski definition) is 7. The number of piperidine rings is 1. The zero-order valence-corrected chi connectivity index (χ0v) is 21.3. The molecule has 33 heavy (non-hydrogen) atoms. The molecule has 1 N–H and O–H groups in total. The van der Waals surface area contributed by atoms with Crippen molar-refractivity contribution in [1.82, 2.24) is 14.5 Å². The van der Waals surface area contributed by atoms with Gasteiger partial charge in [0.25, 0.3) is 5.56 Å². The number of thiazole rings is 1. The smallest absolute Gasteiger partial charge is 0.274 e. The predicted octanol–water partition coefficient (Wildman–Crippen LogP) is 4.96. The summed E-state index contributed by atoms with van der Waals surface area (Å²) >= 11 is 2.71. The largest absolute Gasteiger partial charge is 0.348 e. The van der Waals surface area contributed by atoms with Gasteiger partial charge >= 0.3 is 0 Å². The Morgan fingerprint density at radius 1 is 1.24 bits per heavy atom. The van der Waals surface area contributed by atoms with E-state index in [-0.39, 0.29) is 23.3 Å². The molecule has 1 amide bonds. The van der Waals surface area contributed by atoms with Crippen molar-refractivity contribution in [3.63, 3.8) is 0 Å². The molecule has 176 valence electrons. The maximum Gasteiger partial charge on any atom is 0.274 e. The van der Waals surface area contributed by atoms with Gasteiger partial charge in [-0.2, -0.15) is 4.98 Å².